The first-order chi connectivity index (χ1) is 10.1. The largest absolute Gasteiger partial charge is 0.385 e. The van der Waals surface area contributed by atoms with Crippen molar-refractivity contribution < 1.29 is 5.11 Å². The van der Waals surface area contributed by atoms with E-state index in [0.717, 1.165) is 18.5 Å². The van der Waals surface area contributed by atoms with Crippen LogP contribution >= 0.6 is 0 Å². The molecule has 0 amide bonds. The second-order valence-corrected chi connectivity index (χ2v) is 6.17. The molecule has 1 N–H and O–H groups in total. The third-order valence-electron chi connectivity index (χ3n) is 4.96. The van der Waals surface area contributed by atoms with Gasteiger partial charge in [-0.05, 0) is 24.6 Å². The summed E-state index contributed by atoms with van der Waals surface area (Å²) in [5, 5.41) is 11.3. The van der Waals surface area contributed by atoms with Crippen molar-refractivity contribution in [3.8, 4) is 0 Å². The van der Waals surface area contributed by atoms with Gasteiger partial charge in [-0.1, -0.05) is 67.6 Å². The third-order valence-corrected chi connectivity index (χ3v) is 4.96. The molecule has 2 aromatic carbocycles. The fraction of sp³-hybridized carbons (Fsp3) is 0.368. The maximum absolute atomic E-state index is 11.3. The van der Waals surface area contributed by atoms with E-state index in [1.54, 1.807) is 0 Å². The molecular weight excluding hydrogens is 258 g/mol. The monoisotopic (exact) mass is 281 g/mol. The van der Waals surface area contributed by atoms with Gasteiger partial charge >= 0.3 is 0 Å². The molecule has 110 valence electrons. The summed E-state index contributed by atoms with van der Waals surface area (Å²) in [6.07, 6.45) is 0.776. The molecule has 1 fully saturated rings. The Hall–Kier alpha value is -1.64. The van der Waals surface area contributed by atoms with Crippen molar-refractivity contribution in [2.45, 2.75) is 25.0 Å². The molecule has 1 heterocycles. The number of aliphatic hydroxyl groups is 1. The van der Waals surface area contributed by atoms with E-state index in [9.17, 15) is 5.11 Å². The van der Waals surface area contributed by atoms with Crippen LogP contribution in [0.1, 0.15) is 30.5 Å². The van der Waals surface area contributed by atoms with Gasteiger partial charge in [0.25, 0.3) is 0 Å². The molecule has 0 aromatic heterocycles. The van der Waals surface area contributed by atoms with Gasteiger partial charge in [-0.3, -0.25) is 4.90 Å². The minimum Gasteiger partial charge on any atom is -0.385 e. The molecule has 3 atom stereocenters. The molecule has 0 spiro atoms. The molecule has 1 saturated heterocycles. The zero-order valence-corrected chi connectivity index (χ0v) is 12.7. The van der Waals surface area contributed by atoms with Crippen LogP contribution in [0.4, 0.5) is 0 Å². The van der Waals surface area contributed by atoms with Crippen molar-refractivity contribution in [3.63, 3.8) is 0 Å². The van der Waals surface area contributed by atoms with Crippen LogP contribution in [0.3, 0.4) is 0 Å². The second kappa shape index (κ2) is 5.63. The Morgan fingerprint density at radius 3 is 2.19 bits per heavy atom. The molecule has 0 radical (unpaired) electrons. The summed E-state index contributed by atoms with van der Waals surface area (Å²) >= 11 is 0. The first-order valence-corrected chi connectivity index (χ1v) is 7.66. The Kier molecular flexibility index (Phi) is 3.83. The summed E-state index contributed by atoms with van der Waals surface area (Å²) in [5.74, 6) is 0.140. The van der Waals surface area contributed by atoms with Gasteiger partial charge in [0.05, 0.1) is 5.60 Å². The quantitative estimate of drug-likeness (QED) is 0.909. The smallest absolute Gasteiger partial charge is 0.0952 e. The topological polar surface area (TPSA) is 23.5 Å². The standard InChI is InChI=1S/C19H23NO/c1-15-18(16-9-5-3-6-10-16)20(2)14-13-19(15,21)17-11-7-4-8-12-17/h3-12,15,18,21H,13-14H2,1-2H3/t15-,18+,19-/m1/s1. The van der Waals surface area contributed by atoms with Crippen LogP contribution in [-0.4, -0.2) is 23.6 Å². The molecule has 21 heavy (non-hydrogen) atoms. The summed E-state index contributed by atoms with van der Waals surface area (Å²) in [5.41, 5.74) is 1.56. The molecule has 0 unspecified atom stereocenters. The maximum Gasteiger partial charge on any atom is 0.0952 e. The molecule has 2 aromatic rings. The summed E-state index contributed by atoms with van der Waals surface area (Å²) in [7, 11) is 2.15. The molecule has 2 heteroatoms. The van der Waals surface area contributed by atoms with Crippen molar-refractivity contribution in [2.75, 3.05) is 13.6 Å². The number of hydrogen-bond acceptors (Lipinski definition) is 2. The van der Waals surface area contributed by atoms with Crippen molar-refractivity contribution in [1.82, 2.24) is 4.90 Å². The molecule has 1 aliphatic rings. The molecule has 2 nitrogen and oxygen atoms in total. The molecule has 0 aliphatic carbocycles. The second-order valence-electron chi connectivity index (χ2n) is 6.17. The van der Waals surface area contributed by atoms with E-state index in [4.69, 9.17) is 0 Å². The average molecular weight is 281 g/mol. The highest BCUT2D eigenvalue weighted by atomic mass is 16.3. The summed E-state index contributed by atoms with van der Waals surface area (Å²) in [4.78, 5) is 2.36. The fourth-order valence-corrected chi connectivity index (χ4v) is 3.68. The average Bonchev–Trinajstić information content (AvgIpc) is 2.53. The predicted molar refractivity (Wildman–Crippen MR) is 85.9 cm³/mol. The number of nitrogens with zero attached hydrogens (tertiary/aromatic N) is 1. The molecular formula is C19H23NO. The summed E-state index contributed by atoms with van der Waals surface area (Å²) in [6, 6.07) is 20.9. The van der Waals surface area contributed by atoms with Crippen LogP contribution in [0.25, 0.3) is 0 Å². The predicted octanol–water partition coefficient (Wildman–Crippen LogP) is 3.59. The van der Waals surface area contributed by atoms with Gasteiger partial charge in [-0.25, -0.2) is 0 Å². The third kappa shape index (κ3) is 2.50. The van der Waals surface area contributed by atoms with Crippen molar-refractivity contribution in [3.05, 3.63) is 71.8 Å². The van der Waals surface area contributed by atoms with Gasteiger partial charge in [-0.15, -0.1) is 0 Å². The number of benzene rings is 2. The van der Waals surface area contributed by atoms with Gasteiger partial charge < -0.3 is 5.11 Å². The van der Waals surface area contributed by atoms with E-state index >= 15 is 0 Å². The van der Waals surface area contributed by atoms with E-state index in [1.165, 1.54) is 5.56 Å². The van der Waals surface area contributed by atoms with Crippen molar-refractivity contribution >= 4 is 0 Å². The fourth-order valence-electron chi connectivity index (χ4n) is 3.68. The first-order valence-electron chi connectivity index (χ1n) is 7.66. The number of rotatable bonds is 2. The highest BCUT2D eigenvalue weighted by molar-refractivity contribution is 5.28. The number of piperidine rings is 1. The van der Waals surface area contributed by atoms with Crippen molar-refractivity contribution in [2.24, 2.45) is 5.92 Å². The normalized spacial score (nSPS) is 30.2. The lowest BCUT2D eigenvalue weighted by molar-refractivity contribution is -0.0952. The SMILES string of the molecule is C[C@@H]1[C@@H](c2ccccc2)N(C)CC[C@]1(O)c1ccccc1. The summed E-state index contributed by atoms with van der Waals surface area (Å²) < 4.78 is 0. The Bertz CT molecular complexity index is 583. The van der Waals surface area contributed by atoms with Crippen LogP contribution < -0.4 is 0 Å². The van der Waals surface area contributed by atoms with Gasteiger partial charge in [-0.2, -0.15) is 0 Å². The lowest BCUT2D eigenvalue weighted by atomic mass is 9.71. The highest BCUT2D eigenvalue weighted by Gasteiger charge is 2.45. The Balaban J connectivity index is 1.99. The molecule has 3 rings (SSSR count). The highest BCUT2D eigenvalue weighted by Crippen LogP contribution is 2.46. The van der Waals surface area contributed by atoms with Crippen LogP contribution in [0, 0.1) is 5.92 Å². The maximum atomic E-state index is 11.3. The Morgan fingerprint density at radius 2 is 1.57 bits per heavy atom. The Labute approximate surface area is 127 Å². The van der Waals surface area contributed by atoms with Gasteiger partial charge in [0, 0.05) is 18.5 Å². The van der Waals surface area contributed by atoms with E-state index in [1.807, 2.05) is 36.4 Å². The van der Waals surface area contributed by atoms with E-state index in [2.05, 4.69) is 43.1 Å². The number of hydrogen-bond donors (Lipinski definition) is 1. The van der Waals surface area contributed by atoms with Crippen LogP contribution in [-0.2, 0) is 5.60 Å². The molecule has 0 saturated carbocycles. The minimum absolute atomic E-state index is 0.140. The molecule has 0 bridgehead atoms. The van der Waals surface area contributed by atoms with E-state index in [-0.39, 0.29) is 12.0 Å². The zero-order chi connectivity index (χ0) is 14.9. The van der Waals surface area contributed by atoms with Gasteiger partial charge in [0.1, 0.15) is 0 Å². The van der Waals surface area contributed by atoms with E-state index in [0.29, 0.717) is 0 Å². The van der Waals surface area contributed by atoms with Crippen LogP contribution in [0.2, 0.25) is 0 Å². The van der Waals surface area contributed by atoms with Gasteiger partial charge in [0.15, 0.2) is 0 Å². The van der Waals surface area contributed by atoms with E-state index < -0.39 is 5.60 Å². The Morgan fingerprint density at radius 1 is 1.00 bits per heavy atom. The number of likely N-dealkylation sites (tertiary alicyclic amines) is 1. The first kappa shape index (κ1) is 14.3. The summed E-state index contributed by atoms with van der Waals surface area (Å²) in [6.45, 7) is 3.07. The van der Waals surface area contributed by atoms with Crippen LogP contribution in [0.15, 0.2) is 60.7 Å². The lowest BCUT2D eigenvalue weighted by Crippen LogP contribution is -2.49. The van der Waals surface area contributed by atoms with Crippen LogP contribution in [0.5, 0.6) is 0 Å². The van der Waals surface area contributed by atoms with Gasteiger partial charge in [0.2, 0.25) is 0 Å². The molecule has 1 aliphatic heterocycles. The lowest BCUT2D eigenvalue weighted by Gasteiger charge is -2.48. The van der Waals surface area contributed by atoms with Crippen molar-refractivity contribution in [1.29, 1.82) is 0 Å². The zero-order valence-electron chi connectivity index (χ0n) is 12.7. The minimum atomic E-state index is -0.756.